The van der Waals surface area contributed by atoms with Crippen LogP contribution in [0.5, 0.6) is 0 Å². The largest absolute Gasteiger partial charge is 0.444 e. The molecule has 125 heavy (non-hydrogen) atoms. The highest BCUT2D eigenvalue weighted by Gasteiger charge is 2.67. The molecule has 22 nitrogen and oxygen atoms in total. The van der Waals surface area contributed by atoms with Crippen molar-refractivity contribution in [1.82, 2.24) is 41.1 Å². The number of amides is 2. The third kappa shape index (κ3) is 17.7. The van der Waals surface area contributed by atoms with Gasteiger partial charge in [-0.3, -0.25) is 15.6 Å². The van der Waals surface area contributed by atoms with Crippen LogP contribution in [0.15, 0.2) is 214 Å². The maximum atomic E-state index is 14.6. The molecule has 10 heterocycles. The first-order valence-corrected chi connectivity index (χ1v) is 37.4. The molecular formula is C83H77F20N15O7. The number of halogens is 20. The summed E-state index contributed by atoms with van der Waals surface area (Å²) in [4.78, 5) is 44.2. The van der Waals surface area contributed by atoms with Gasteiger partial charge < -0.3 is 47.5 Å². The first kappa shape index (κ1) is 93.4. The van der Waals surface area contributed by atoms with Crippen molar-refractivity contribution in [1.29, 1.82) is 0 Å². The third-order valence-electron chi connectivity index (χ3n) is 20.7. The van der Waals surface area contributed by atoms with Gasteiger partial charge in [-0.1, -0.05) is 44.2 Å². The number of carbonyl (C=O) groups excluding carboxylic acids is 2. The maximum Gasteiger partial charge on any atom is 0.407 e. The molecule has 0 bridgehead atoms. The van der Waals surface area contributed by atoms with E-state index < -0.39 is 154 Å². The number of nitrogens with one attached hydrogen (secondary N) is 5. The molecule has 7 aromatic rings. The zero-order valence-electron chi connectivity index (χ0n) is 66.7. The number of benzene rings is 5. The van der Waals surface area contributed by atoms with Crippen molar-refractivity contribution in [3.63, 3.8) is 0 Å². The van der Waals surface area contributed by atoms with Gasteiger partial charge in [-0.25, -0.2) is 71.7 Å². The number of alkyl halides is 15. The van der Waals surface area contributed by atoms with Gasteiger partial charge in [0.25, 0.3) is 0 Å². The van der Waals surface area contributed by atoms with Crippen LogP contribution in [0, 0.1) is 29.1 Å². The van der Waals surface area contributed by atoms with Gasteiger partial charge in [0.2, 0.25) is 0 Å². The Bertz CT molecular complexity index is 5610. The smallest absolute Gasteiger partial charge is 0.407 e. The molecule has 15 rings (SSSR count). The normalized spacial score (nSPS) is 21.1. The predicted octanol–water partition coefficient (Wildman–Crippen LogP) is 18.7. The van der Waals surface area contributed by atoms with Crippen molar-refractivity contribution in [3.8, 4) is 0 Å². The number of ether oxygens (including phenoxy) is 2. The number of aliphatic imine (C=N–C) groups is 3. The Labute approximate surface area is 698 Å². The molecule has 2 aromatic heterocycles. The van der Waals surface area contributed by atoms with Crippen molar-refractivity contribution in [3.05, 3.63) is 267 Å². The van der Waals surface area contributed by atoms with Crippen molar-refractivity contribution in [2.75, 3.05) is 43.4 Å². The standard InChI is InChI=1S/C19H19F4N3O3.C19H19F4N3O2.C17H17F4N3O.C14H11F4N3O.C14H11F4N3/c1-17(2,3)29-16(27)24-10-18(19(21,22)23)12-5-4-8-26(28)15(12)25-14-7-6-11(20)9-13(14)18;1-17(2,3)28-16(27)25-10-18(19(21,22)23)12-5-4-8-24-15(12)26-14-7-6-11(20)9-13(14)18;1-10(2)22-9-16(17(19,20)21)12-4-3-7-24(25)15(12)23-14-6-5-11(18)8-13(14)16;15-8-3-4-11-10(6-8)13(7-19,14(16,17)18)9-2-1-5-21(22)12(9)20-11;15-8-3-4-11-10(6-8)13(7-19,14(16,17)18)9-2-1-5-20-12(9)21-11/h4-9,28H,10H2,1-3H3,(H,24,27);4-9H,10H2,1-3H3,(H,24,26)(H,25,27);3-8,10,22,25H,9H2,1-2H3;1-6,22H,7,19H2;1-6H,7,19H2,(H,20,21). The lowest BCUT2D eigenvalue weighted by molar-refractivity contribution is -0.178. The van der Waals surface area contributed by atoms with Gasteiger partial charge in [0.05, 0.1) is 17.1 Å². The molecule has 0 saturated heterocycles. The molecular weight excluding hydrogens is 1700 g/mol. The van der Waals surface area contributed by atoms with Gasteiger partial charge in [-0.2, -0.15) is 65.9 Å². The molecule has 0 aliphatic carbocycles. The number of nitrogens with two attached hydrogens (primary N) is 2. The molecule has 666 valence electrons. The Hall–Kier alpha value is -12.3. The molecule has 0 saturated carbocycles. The Morgan fingerprint density at radius 1 is 0.416 bits per heavy atom. The SMILES string of the molecule is CC(C)(C)OC(=O)NCC1(C(F)(F)F)C2=CC=CN(O)C2=Nc2ccc(F)cc21.CC(C)(C)OC(=O)NCC1(C(F)(F)F)c2cc(F)ccc2Nc2ncccc21.CC(C)NCC1(C(F)(F)F)C2=CC=CN(O)C2=Nc2ccc(F)cc21.NCC1(C(F)(F)F)C2=CC=CN(O)C2=Nc2ccc(F)cc21.NCC1(C(F)(F)F)c2cc(F)ccc2Nc2ncccc21. The number of hydrogen-bond acceptors (Lipinski definition) is 20. The second kappa shape index (κ2) is 34.4. The predicted molar refractivity (Wildman–Crippen MR) is 417 cm³/mol. The molecule has 0 fully saturated rings. The van der Waals surface area contributed by atoms with Gasteiger partial charge in [-0.15, -0.1) is 0 Å². The van der Waals surface area contributed by atoms with E-state index in [1.54, 1.807) is 55.4 Å². The monoisotopic (exact) mass is 1780 g/mol. The van der Waals surface area contributed by atoms with Crippen LogP contribution < -0.4 is 38.1 Å². The summed E-state index contributed by atoms with van der Waals surface area (Å²) in [6, 6.07) is 20.3. The average molecular weight is 1780 g/mol. The summed E-state index contributed by atoms with van der Waals surface area (Å²) in [6.07, 6.45) is -12.6. The Morgan fingerprint density at radius 3 is 1.04 bits per heavy atom. The molecule has 2 amide bonds. The van der Waals surface area contributed by atoms with Crippen LogP contribution in [0.25, 0.3) is 0 Å². The molecule has 0 radical (unpaired) electrons. The number of nitrogens with zero attached hydrogens (tertiary/aromatic N) is 8. The van der Waals surface area contributed by atoms with Crippen molar-refractivity contribution < 1.29 is 122 Å². The molecule has 5 unspecified atom stereocenters. The highest BCUT2D eigenvalue weighted by Crippen LogP contribution is 2.59. The summed E-state index contributed by atoms with van der Waals surface area (Å²) in [5.41, 5.74) is -7.00. The number of pyridine rings is 2. The summed E-state index contributed by atoms with van der Waals surface area (Å²) in [5, 5.41) is 44.0. The minimum Gasteiger partial charge on any atom is -0.444 e. The number of alkyl carbamates (subject to hydrolysis) is 2. The number of aromatic nitrogens is 2. The molecule has 42 heteroatoms. The van der Waals surface area contributed by atoms with Gasteiger partial charge in [-0.05, 0) is 168 Å². The number of anilines is 4. The van der Waals surface area contributed by atoms with Crippen molar-refractivity contribution >= 4 is 69.8 Å². The fraction of sp³-hybridized carbons (Fsp3) is 0.313. The second-order valence-electron chi connectivity index (χ2n) is 31.2. The van der Waals surface area contributed by atoms with E-state index in [2.05, 4.69) is 51.5 Å². The van der Waals surface area contributed by atoms with E-state index >= 15 is 0 Å². The number of allylic oxidation sites excluding steroid dienone is 6. The zero-order valence-corrected chi connectivity index (χ0v) is 66.7. The number of hydrogen-bond donors (Lipinski definition) is 10. The van der Waals surface area contributed by atoms with Crippen molar-refractivity contribution in [2.45, 2.75) is 131 Å². The minimum absolute atomic E-state index is 0.00933. The second-order valence-corrected chi connectivity index (χ2v) is 31.2. The van der Waals surface area contributed by atoms with E-state index in [0.29, 0.717) is 15.2 Å². The minimum atomic E-state index is -4.97. The Balaban J connectivity index is 0.000000153. The fourth-order valence-corrected chi connectivity index (χ4v) is 15.1. The first-order valence-electron chi connectivity index (χ1n) is 37.4. The topological polar surface area (TPSA) is 298 Å². The fourth-order valence-electron chi connectivity index (χ4n) is 15.1. The van der Waals surface area contributed by atoms with Crippen LogP contribution in [0.1, 0.15) is 94.3 Å². The molecule has 5 atom stereocenters. The molecule has 8 aliphatic rings. The quantitative estimate of drug-likeness (QED) is 0.0601. The lowest BCUT2D eigenvalue weighted by Crippen LogP contribution is -2.56. The Kier molecular flexibility index (Phi) is 25.7. The number of fused-ring (bicyclic) bond motifs is 10. The van der Waals surface area contributed by atoms with Crippen LogP contribution in [0.4, 0.5) is 137 Å². The zero-order chi connectivity index (χ0) is 92.1. The molecule has 0 spiro atoms. The van der Waals surface area contributed by atoms with E-state index in [0.717, 1.165) is 91.3 Å². The highest BCUT2D eigenvalue weighted by atomic mass is 19.4. The van der Waals surface area contributed by atoms with E-state index in [4.69, 9.17) is 20.9 Å². The van der Waals surface area contributed by atoms with Gasteiger partial charge in [0, 0.05) is 131 Å². The molecule has 5 aromatic carbocycles. The number of carbonyl (C=O) groups is 2. The van der Waals surface area contributed by atoms with Gasteiger partial charge >= 0.3 is 43.1 Å². The van der Waals surface area contributed by atoms with E-state index in [1.165, 1.54) is 91.4 Å². The van der Waals surface area contributed by atoms with Crippen LogP contribution in [0.3, 0.4) is 0 Å². The summed E-state index contributed by atoms with van der Waals surface area (Å²) >= 11 is 0. The number of hydroxylamine groups is 6. The third-order valence-corrected chi connectivity index (χ3v) is 20.7. The lowest BCUT2D eigenvalue weighted by Gasteiger charge is -2.43. The van der Waals surface area contributed by atoms with Crippen LogP contribution >= 0.6 is 0 Å². The summed E-state index contributed by atoms with van der Waals surface area (Å²) in [5.74, 6) is -4.83. The van der Waals surface area contributed by atoms with Gasteiger partial charge in [0.15, 0.2) is 17.5 Å². The summed E-state index contributed by atoms with van der Waals surface area (Å²) < 4.78 is 292. The van der Waals surface area contributed by atoms with Crippen molar-refractivity contribution in [2.24, 2.45) is 26.4 Å². The van der Waals surface area contributed by atoms with E-state index in [9.17, 15) is 113 Å². The molecule has 8 aliphatic heterocycles. The van der Waals surface area contributed by atoms with Crippen LogP contribution in [0.2, 0.25) is 0 Å². The molecule has 12 N–H and O–H groups in total. The average Bonchev–Trinajstić information content (AvgIpc) is 0.719. The Morgan fingerprint density at radius 2 is 0.712 bits per heavy atom. The lowest BCUT2D eigenvalue weighted by atomic mass is 9.69. The summed E-state index contributed by atoms with van der Waals surface area (Å²) in [6.45, 7) is 9.03. The maximum absolute atomic E-state index is 14.6. The number of amidine groups is 3. The van der Waals surface area contributed by atoms with E-state index in [1.807, 2.05) is 0 Å². The number of rotatable bonds is 9. The van der Waals surface area contributed by atoms with Crippen LogP contribution in [-0.4, -0.2) is 151 Å². The van der Waals surface area contributed by atoms with E-state index in [-0.39, 0.29) is 108 Å². The van der Waals surface area contributed by atoms with Gasteiger partial charge in [0.1, 0.15) is 79.0 Å². The first-order chi connectivity index (χ1) is 58.2. The highest BCUT2D eigenvalue weighted by molar-refractivity contribution is 6.07. The van der Waals surface area contributed by atoms with Crippen LogP contribution in [-0.2, 0) is 36.5 Å². The summed E-state index contributed by atoms with van der Waals surface area (Å²) in [7, 11) is 0.